The van der Waals surface area contributed by atoms with Gasteiger partial charge in [-0.25, -0.2) is 0 Å². The van der Waals surface area contributed by atoms with Crippen molar-refractivity contribution in [2.75, 3.05) is 18.8 Å². The highest BCUT2D eigenvalue weighted by atomic mass is 79.9. The molecule has 1 saturated heterocycles. The van der Waals surface area contributed by atoms with Crippen molar-refractivity contribution in [3.05, 3.63) is 27.5 Å². The van der Waals surface area contributed by atoms with Crippen LogP contribution in [0.25, 0.3) is 10.1 Å². The number of fused-ring (bicyclic) bond motifs is 1. The lowest BCUT2D eigenvalue weighted by atomic mass is 9.96. The fourth-order valence-electron chi connectivity index (χ4n) is 2.62. The first kappa shape index (κ1) is 14.8. The molecule has 0 aliphatic carbocycles. The summed E-state index contributed by atoms with van der Waals surface area (Å²) >= 11 is 4.84. The maximum Gasteiger partial charge on any atom is 0.266 e. The largest absolute Gasteiger partial charge is 0.397 e. The van der Waals surface area contributed by atoms with Gasteiger partial charge in [0.2, 0.25) is 0 Å². The van der Waals surface area contributed by atoms with Crippen molar-refractivity contribution in [2.24, 2.45) is 5.92 Å². The summed E-state index contributed by atoms with van der Waals surface area (Å²) in [6.07, 6.45) is 0.371. The van der Waals surface area contributed by atoms with E-state index in [2.05, 4.69) is 15.9 Å². The lowest BCUT2D eigenvalue weighted by Gasteiger charge is -2.34. The van der Waals surface area contributed by atoms with Crippen molar-refractivity contribution >= 4 is 48.9 Å². The zero-order chi connectivity index (χ0) is 15.1. The number of thiophene rings is 1. The van der Waals surface area contributed by atoms with Crippen molar-refractivity contribution in [3.63, 3.8) is 0 Å². The van der Waals surface area contributed by atoms with Crippen LogP contribution in [0.5, 0.6) is 0 Å². The maximum absolute atomic E-state index is 12.7. The second-order valence-electron chi connectivity index (χ2n) is 5.57. The van der Waals surface area contributed by atoms with Gasteiger partial charge in [-0.15, -0.1) is 11.3 Å². The van der Waals surface area contributed by atoms with Crippen LogP contribution in [0.4, 0.5) is 5.69 Å². The number of amides is 1. The van der Waals surface area contributed by atoms with Crippen molar-refractivity contribution in [2.45, 2.75) is 19.4 Å². The second-order valence-corrected chi connectivity index (χ2v) is 7.54. The SMILES string of the molecule is CC1CCN(C(=O)c2sc3ccc(Br)cc3c2N)CC1O. The number of halogens is 1. The number of nitrogen functional groups attached to an aromatic ring is 1. The number of likely N-dealkylation sites (tertiary alicyclic amines) is 1. The van der Waals surface area contributed by atoms with E-state index in [-0.39, 0.29) is 11.8 Å². The van der Waals surface area contributed by atoms with Crippen LogP contribution in [0, 0.1) is 5.92 Å². The quantitative estimate of drug-likeness (QED) is 0.812. The minimum absolute atomic E-state index is 0.0734. The van der Waals surface area contributed by atoms with Crippen LogP contribution >= 0.6 is 27.3 Å². The average molecular weight is 369 g/mol. The highest BCUT2D eigenvalue weighted by Gasteiger charge is 2.29. The summed E-state index contributed by atoms with van der Waals surface area (Å²) in [5.74, 6) is 0.167. The van der Waals surface area contributed by atoms with Gasteiger partial charge in [0.1, 0.15) is 4.88 Å². The van der Waals surface area contributed by atoms with Gasteiger partial charge >= 0.3 is 0 Å². The molecule has 1 fully saturated rings. The molecule has 0 saturated carbocycles. The van der Waals surface area contributed by atoms with E-state index in [0.717, 1.165) is 21.0 Å². The Hall–Kier alpha value is -1.11. The monoisotopic (exact) mass is 368 g/mol. The molecule has 1 aliphatic rings. The van der Waals surface area contributed by atoms with Gasteiger partial charge < -0.3 is 15.7 Å². The third kappa shape index (κ3) is 2.67. The van der Waals surface area contributed by atoms with Gasteiger partial charge in [-0.1, -0.05) is 22.9 Å². The minimum atomic E-state index is -0.451. The molecule has 1 aromatic heterocycles. The van der Waals surface area contributed by atoms with Crippen LogP contribution < -0.4 is 5.73 Å². The predicted octanol–water partition coefficient (Wildman–Crippen LogP) is 3.09. The molecule has 0 spiro atoms. The van der Waals surface area contributed by atoms with E-state index in [0.29, 0.717) is 23.7 Å². The maximum atomic E-state index is 12.7. The fourth-order valence-corrected chi connectivity index (χ4v) is 4.06. The molecule has 3 N–H and O–H groups in total. The molecular weight excluding hydrogens is 352 g/mol. The summed E-state index contributed by atoms with van der Waals surface area (Å²) in [4.78, 5) is 14.9. The number of carbonyl (C=O) groups excluding carboxylic acids is 1. The van der Waals surface area contributed by atoms with E-state index < -0.39 is 6.10 Å². The molecule has 4 nitrogen and oxygen atoms in total. The topological polar surface area (TPSA) is 66.6 Å². The second kappa shape index (κ2) is 5.59. The van der Waals surface area contributed by atoms with Crippen LogP contribution in [0.15, 0.2) is 22.7 Å². The highest BCUT2D eigenvalue weighted by molar-refractivity contribution is 9.10. The Bertz CT molecular complexity index is 700. The summed E-state index contributed by atoms with van der Waals surface area (Å²) in [5.41, 5.74) is 6.69. The summed E-state index contributed by atoms with van der Waals surface area (Å²) in [6.45, 7) is 3.07. The molecule has 112 valence electrons. The molecule has 0 radical (unpaired) electrons. The van der Waals surface area contributed by atoms with E-state index in [9.17, 15) is 9.90 Å². The number of aliphatic hydroxyl groups excluding tert-OH is 1. The molecule has 0 bridgehead atoms. The van der Waals surface area contributed by atoms with Gasteiger partial charge in [0.05, 0.1) is 11.8 Å². The van der Waals surface area contributed by atoms with E-state index in [1.807, 2.05) is 25.1 Å². The van der Waals surface area contributed by atoms with E-state index in [1.165, 1.54) is 11.3 Å². The third-order valence-electron chi connectivity index (χ3n) is 4.09. The van der Waals surface area contributed by atoms with Gasteiger partial charge in [-0.3, -0.25) is 4.79 Å². The zero-order valence-electron chi connectivity index (χ0n) is 11.7. The van der Waals surface area contributed by atoms with Crippen LogP contribution in [0.3, 0.4) is 0 Å². The van der Waals surface area contributed by atoms with Crippen molar-refractivity contribution in [1.82, 2.24) is 4.90 Å². The van der Waals surface area contributed by atoms with Gasteiger partial charge in [0.25, 0.3) is 5.91 Å². The van der Waals surface area contributed by atoms with Crippen LogP contribution in [-0.4, -0.2) is 35.1 Å². The number of β-amino-alcohol motifs (C(OH)–C–C–N with tert-alkyl or cyclic N) is 1. The number of rotatable bonds is 1. The zero-order valence-corrected chi connectivity index (χ0v) is 14.1. The Morgan fingerprint density at radius 3 is 3.00 bits per heavy atom. The number of carbonyl (C=O) groups is 1. The Morgan fingerprint density at radius 1 is 1.52 bits per heavy atom. The average Bonchev–Trinajstić information content (AvgIpc) is 2.78. The van der Waals surface area contributed by atoms with Gasteiger partial charge in [-0.2, -0.15) is 0 Å². The molecule has 2 atom stereocenters. The van der Waals surface area contributed by atoms with E-state index >= 15 is 0 Å². The first-order chi connectivity index (χ1) is 9.97. The molecule has 6 heteroatoms. The van der Waals surface area contributed by atoms with Crippen molar-refractivity contribution in [1.29, 1.82) is 0 Å². The van der Waals surface area contributed by atoms with Gasteiger partial charge in [-0.05, 0) is 30.5 Å². The Labute approximate surface area is 135 Å². The first-order valence-corrected chi connectivity index (χ1v) is 8.53. The summed E-state index contributed by atoms with van der Waals surface area (Å²) in [7, 11) is 0. The number of benzene rings is 1. The predicted molar refractivity (Wildman–Crippen MR) is 89.6 cm³/mol. The third-order valence-corrected chi connectivity index (χ3v) is 5.76. The van der Waals surface area contributed by atoms with Gasteiger partial charge in [0, 0.05) is 27.6 Å². The Balaban J connectivity index is 1.93. The molecule has 1 aromatic carbocycles. The molecule has 21 heavy (non-hydrogen) atoms. The smallest absolute Gasteiger partial charge is 0.266 e. The molecule has 3 rings (SSSR count). The number of nitrogens with two attached hydrogens (primary N) is 1. The highest BCUT2D eigenvalue weighted by Crippen LogP contribution is 2.36. The Kier molecular flexibility index (Phi) is 3.94. The van der Waals surface area contributed by atoms with Crippen LogP contribution in [0.2, 0.25) is 0 Å². The first-order valence-electron chi connectivity index (χ1n) is 6.92. The lowest BCUT2D eigenvalue weighted by molar-refractivity contribution is 0.0252. The molecule has 2 aromatic rings. The number of hydrogen-bond donors (Lipinski definition) is 2. The minimum Gasteiger partial charge on any atom is -0.397 e. The number of anilines is 1. The molecular formula is C15H17BrN2O2S. The molecule has 1 aliphatic heterocycles. The number of nitrogens with zero attached hydrogens (tertiary/aromatic N) is 1. The van der Waals surface area contributed by atoms with E-state index in [4.69, 9.17) is 5.73 Å². The Morgan fingerprint density at radius 2 is 2.29 bits per heavy atom. The standard InChI is InChI=1S/C15H17BrN2O2S/c1-8-4-5-18(7-11(8)19)15(20)14-13(17)10-6-9(16)2-3-12(10)21-14/h2-3,6,8,11,19H,4-5,7,17H2,1H3. The summed E-state index contributed by atoms with van der Waals surface area (Å²) in [5, 5.41) is 10.9. The number of hydrogen-bond acceptors (Lipinski definition) is 4. The molecule has 1 amide bonds. The normalized spacial score (nSPS) is 22.7. The molecule has 2 unspecified atom stereocenters. The van der Waals surface area contributed by atoms with Crippen LogP contribution in [-0.2, 0) is 0 Å². The van der Waals surface area contributed by atoms with Crippen molar-refractivity contribution in [3.8, 4) is 0 Å². The summed E-state index contributed by atoms with van der Waals surface area (Å²) in [6, 6.07) is 5.84. The van der Waals surface area contributed by atoms with Crippen LogP contribution in [0.1, 0.15) is 23.0 Å². The molecule has 2 heterocycles. The number of aliphatic hydroxyl groups is 1. The lowest BCUT2D eigenvalue weighted by Crippen LogP contribution is -2.45. The summed E-state index contributed by atoms with van der Waals surface area (Å²) < 4.78 is 1.95. The fraction of sp³-hybridized carbons (Fsp3) is 0.400. The number of piperidine rings is 1. The van der Waals surface area contributed by atoms with Gasteiger partial charge in [0.15, 0.2) is 0 Å². The van der Waals surface area contributed by atoms with E-state index in [1.54, 1.807) is 4.90 Å². The van der Waals surface area contributed by atoms with Crippen molar-refractivity contribution < 1.29 is 9.90 Å².